The molecule has 2 aromatic rings. The minimum absolute atomic E-state index is 0.207. The van der Waals surface area contributed by atoms with Gasteiger partial charge in [-0.2, -0.15) is 0 Å². The van der Waals surface area contributed by atoms with Crippen molar-refractivity contribution in [2.75, 3.05) is 0 Å². The van der Waals surface area contributed by atoms with E-state index in [4.69, 9.17) is 39.8 Å². The average Bonchev–Trinajstić information content (AvgIpc) is 3.15. The molecule has 2 heterocycles. The lowest BCUT2D eigenvalue weighted by atomic mass is 10.0. The summed E-state index contributed by atoms with van der Waals surface area (Å²) < 4.78 is 5.99. The van der Waals surface area contributed by atoms with Crippen LogP contribution in [0.2, 0.25) is 10.0 Å². The van der Waals surface area contributed by atoms with Crippen LogP contribution in [0.25, 0.3) is 17.4 Å². The van der Waals surface area contributed by atoms with E-state index in [0.29, 0.717) is 32.0 Å². The number of carboxylic acids is 1. The van der Waals surface area contributed by atoms with Gasteiger partial charge in [-0.1, -0.05) is 67.1 Å². The maximum absolute atomic E-state index is 12.8. The van der Waals surface area contributed by atoms with Crippen molar-refractivity contribution in [3.05, 3.63) is 51.0 Å². The van der Waals surface area contributed by atoms with E-state index in [2.05, 4.69) is 0 Å². The molecule has 5 nitrogen and oxygen atoms in total. The highest BCUT2D eigenvalue weighted by molar-refractivity contribution is 8.26. The van der Waals surface area contributed by atoms with Gasteiger partial charge in [-0.25, -0.2) is 4.79 Å². The van der Waals surface area contributed by atoms with Gasteiger partial charge in [0.05, 0.1) is 20.5 Å². The van der Waals surface area contributed by atoms with E-state index in [9.17, 15) is 14.7 Å². The Bertz CT molecular complexity index is 979. The van der Waals surface area contributed by atoms with Gasteiger partial charge in [-0.05, 0) is 30.2 Å². The third kappa shape index (κ3) is 3.98. The van der Waals surface area contributed by atoms with Crippen molar-refractivity contribution in [2.45, 2.75) is 19.9 Å². The number of carbonyl (C=O) groups is 2. The molecule has 0 radical (unpaired) electrons. The van der Waals surface area contributed by atoms with E-state index in [-0.39, 0.29) is 10.2 Å². The van der Waals surface area contributed by atoms with Crippen molar-refractivity contribution in [2.24, 2.45) is 5.92 Å². The molecule has 0 bridgehead atoms. The van der Waals surface area contributed by atoms with Gasteiger partial charge in [0.2, 0.25) is 0 Å². The molecule has 1 fully saturated rings. The summed E-state index contributed by atoms with van der Waals surface area (Å²) in [5, 5.41) is 10.4. The Morgan fingerprint density at radius 2 is 1.89 bits per heavy atom. The number of halogens is 2. The summed E-state index contributed by atoms with van der Waals surface area (Å²) in [5.74, 6) is -0.978. The summed E-state index contributed by atoms with van der Waals surface area (Å²) in [7, 11) is 0. The van der Waals surface area contributed by atoms with E-state index in [1.807, 2.05) is 0 Å². The van der Waals surface area contributed by atoms with Crippen LogP contribution < -0.4 is 0 Å². The van der Waals surface area contributed by atoms with Crippen LogP contribution in [0.15, 0.2) is 39.7 Å². The molecule has 3 rings (SSSR count). The Labute approximate surface area is 181 Å². The fourth-order valence-corrected chi connectivity index (χ4v) is 4.73. The number of thiocarbonyl (C=S) groups is 1. The quantitative estimate of drug-likeness (QED) is 0.469. The summed E-state index contributed by atoms with van der Waals surface area (Å²) in [5.41, 5.74) is 0.559. The van der Waals surface area contributed by atoms with Gasteiger partial charge < -0.3 is 9.52 Å². The summed E-state index contributed by atoms with van der Waals surface area (Å²) in [4.78, 5) is 25.8. The second-order valence-corrected chi connectivity index (χ2v) is 8.87. The van der Waals surface area contributed by atoms with Crippen LogP contribution in [-0.2, 0) is 9.59 Å². The zero-order valence-corrected chi connectivity index (χ0v) is 18.0. The van der Waals surface area contributed by atoms with Gasteiger partial charge in [0.15, 0.2) is 0 Å². The first-order valence-corrected chi connectivity index (χ1v) is 10.2. The Kier molecular flexibility index (Phi) is 6.19. The number of carboxylic acid groups (broad SMARTS) is 1. The number of furan rings is 1. The zero-order chi connectivity index (χ0) is 20.6. The smallest absolute Gasteiger partial charge is 0.327 e. The van der Waals surface area contributed by atoms with E-state index >= 15 is 0 Å². The number of hydrogen-bond donors (Lipinski definition) is 1. The molecule has 1 N–H and O–H groups in total. The third-order valence-electron chi connectivity index (χ3n) is 4.10. The SMILES string of the molecule is CC(C)[C@H](C(=O)O)N1C(=O)/C(=C/c2ccc(-c3c(Cl)cccc3Cl)o2)SC1=S. The van der Waals surface area contributed by atoms with E-state index in [1.54, 1.807) is 44.2 Å². The molecule has 1 atom stereocenters. The van der Waals surface area contributed by atoms with Crippen molar-refractivity contribution in [3.8, 4) is 11.3 Å². The highest BCUT2D eigenvalue weighted by Crippen LogP contribution is 2.38. The van der Waals surface area contributed by atoms with Crippen LogP contribution in [-0.4, -0.2) is 32.2 Å². The molecule has 1 aliphatic heterocycles. The van der Waals surface area contributed by atoms with Crippen molar-refractivity contribution in [1.82, 2.24) is 4.90 Å². The average molecular weight is 456 g/mol. The second-order valence-electron chi connectivity index (χ2n) is 6.38. The molecule has 0 saturated carbocycles. The molecule has 0 spiro atoms. The third-order valence-corrected chi connectivity index (χ3v) is 6.06. The lowest BCUT2D eigenvalue weighted by Crippen LogP contribution is -2.47. The molecule has 0 unspecified atom stereocenters. The molecule has 0 aliphatic carbocycles. The number of carbonyl (C=O) groups excluding carboxylic acids is 1. The minimum Gasteiger partial charge on any atom is -0.480 e. The lowest BCUT2D eigenvalue weighted by Gasteiger charge is -2.26. The van der Waals surface area contributed by atoms with Gasteiger partial charge in [-0.15, -0.1) is 0 Å². The highest BCUT2D eigenvalue weighted by Gasteiger charge is 2.42. The Morgan fingerprint density at radius 1 is 1.25 bits per heavy atom. The van der Waals surface area contributed by atoms with E-state index in [0.717, 1.165) is 16.7 Å². The van der Waals surface area contributed by atoms with Crippen molar-refractivity contribution in [3.63, 3.8) is 0 Å². The molecule has 28 heavy (non-hydrogen) atoms. The van der Waals surface area contributed by atoms with Crippen molar-refractivity contribution >= 4 is 69.5 Å². The van der Waals surface area contributed by atoms with Gasteiger partial charge >= 0.3 is 5.97 Å². The van der Waals surface area contributed by atoms with Crippen molar-refractivity contribution in [1.29, 1.82) is 0 Å². The predicted molar refractivity (Wildman–Crippen MR) is 115 cm³/mol. The topological polar surface area (TPSA) is 70.8 Å². The van der Waals surface area contributed by atoms with Crippen LogP contribution in [0.3, 0.4) is 0 Å². The number of thioether (sulfide) groups is 1. The summed E-state index contributed by atoms with van der Waals surface area (Å²) in [6, 6.07) is 7.50. The maximum Gasteiger partial charge on any atom is 0.327 e. The minimum atomic E-state index is -1.10. The number of rotatable bonds is 5. The molecule has 146 valence electrons. The Balaban J connectivity index is 1.91. The van der Waals surface area contributed by atoms with Gasteiger partial charge in [-0.3, -0.25) is 9.69 Å². The van der Waals surface area contributed by atoms with Gasteiger partial charge in [0, 0.05) is 6.08 Å². The van der Waals surface area contributed by atoms with Crippen LogP contribution >= 0.6 is 47.2 Å². The fourth-order valence-electron chi connectivity index (χ4n) is 2.84. The molecular formula is C19H15Cl2NO4S2. The summed E-state index contributed by atoms with van der Waals surface area (Å²) in [6.07, 6.45) is 1.53. The standard InChI is InChI=1S/C19H15Cl2NO4S2/c1-9(2)16(18(24)25)22-17(23)14(28-19(22)27)8-10-6-7-13(26-10)15-11(20)4-3-5-12(15)21/h3-9,16H,1-2H3,(H,24,25)/b14-8-/t16-/m1/s1. The van der Waals surface area contributed by atoms with E-state index in [1.165, 1.54) is 6.08 Å². The number of hydrogen-bond acceptors (Lipinski definition) is 5. The molecular weight excluding hydrogens is 441 g/mol. The van der Waals surface area contributed by atoms with E-state index < -0.39 is 17.9 Å². The predicted octanol–water partition coefficient (Wildman–Crippen LogP) is 5.56. The fraction of sp³-hybridized carbons (Fsp3) is 0.211. The number of amides is 1. The van der Waals surface area contributed by atoms with Crippen LogP contribution in [0.1, 0.15) is 19.6 Å². The molecule has 1 aliphatic rings. The Hall–Kier alpha value is -1.80. The number of benzene rings is 1. The monoisotopic (exact) mass is 455 g/mol. The van der Waals surface area contributed by atoms with Crippen LogP contribution in [0, 0.1) is 5.92 Å². The number of aliphatic carboxylic acids is 1. The highest BCUT2D eigenvalue weighted by atomic mass is 35.5. The summed E-state index contributed by atoms with van der Waals surface area (Å²) >= 11 is 18.7. The van der Waals surface area contributed by atoms with Gasteiger partial charge in [0.25, 0.3) is 5.91 Å². The Morgan fingerprint density at radius 3 is 2.46 bits per heavy atom. The van der Waals surface area contributed by atoms with Crippen LogP contribution in [0.5, 0.6) is 0 Å². The first-order chi connectivity index (χ1) is 13.2. The second kappa shape index (κ2) is 8.29. The van der Waals surface area contributed by atoms with Crippen LogP contribution in [0.4, 0.5) is 0 Å². The first-order valence-electron chi connectivity index (χ1n) is 8.24. The maximum atomic E-state index is 12.8. The van der Waals surface area contributed by atoms with Gasteiger partial charge in [0.1, 0.15) is 21.9 Å². The molecule has 1 aromatic heterocycles. The summed E-state index contributed by atoms with van der Waals surface area (Å²) in [6.45, 7) is 3.46. The molecule has 1 amide bonds. The first kappa shape index (κ1) is 20.9. The molecule has 1 saturated heterocycles. The normalized spacial score (nSPS) is 17.0. The van der Waals surface area contributed by atoms with Crippen molar-refractivity contribution < 1.29 is 19.1 Å². The molecule has 1 aromatic carbocycles. The zero-order valence-electron chi connectivity index (χ0n) is 14.8. The largest absolute Gasteiger partial charge is 0.480 e. The molecule has 9 heteroatoms. The number of nitrogens with zero attached hydrogens (tertiary/aromatic N) is 1. The lowest BCUT2D eigenvalue weighted by molar-refractivity contribution is -0.146.